The van der Waals surface area contributed by atoms with Crippen molar-refractivity contribution in [1.82, 2.24) is 10.6 Å². The monoisotopic (exact) mass is 296 g/mol. The largest absolute Gasteiger partial charge is 0.349 e. The Bertz CT molecular complexity index is 456. The lowest BCUT2D eigenvalue weighted by Crippen LogP contribution is -2.39. The minimum atomic E-state index is 0. The highest BCUT2D eigenvalue weighted by Crippen LogP contribution is 2.20. The molecular formula is C16H25ClN2O. The summed E-state index contributed by atoms with van der Waals surface area (Å²) in [6.45, 7) is 8.17. The molecule has 1 atom stereocenters. The molecule has 1 fully saturated rings. The van der Waals surface area contributed by atoms with Crippen LogP contribution in [0.3, 0.4) is 0 Å². The van der Waals surface area contributed by atoms with Gasteiger partial charge in [-0.2, -0.15) is 0 Å². The van der Waals surface area contributed by atoms with Gasteiger partial charge < -0.3 is 10.6 Å². The summed E-state index contributed by atoms with van der Waals surface area (Å²) in [5, 5.41) is 6.45. The molecule has 1 aliphatic heterocycles. The summed E-state index contributed by atoms with van der Waals surface area (Å²) in [7, 11) is 0. The molecule has 1 unspecified atom stereocenters. The first-order chi connectivity index (χ1) is 9.08. The van der Waals surface area contributed by atoms with E-state index in [1.165, 1.54) is 16.7 Å². The van der Waals surface area contributed by atoms with Gasteiger partial charge in [0.25, 0.3) is 0 Å². The fraction of sp³-hybridized carbons (Fsp3) is 0.562. The molecule has 1 amide bonds. The van der Waals surface area contributed by atoms with Crippen LogP contribution >= 0.6 is 12.4 Å². The molecule has 1 aliphatic rings. The minimum Gasteiger partial charge on any atom is -0.349 e. The number of hydrogen-bond acceptors (Lipinski definition) is 2. The average Bonchev–Trinajstić information content (AvgIpc) is 2.39. The van der Waals surface area contributed by atoms with Gasteiger partial charge in [-0.25, -0.2) is 0 Å². The molecule has 1 aromatic carbocycles. The van der Waals surface area contributed by atoms with Crippen molar-refractivity contribution >= 4 is 18.3 Å². The summed E-state index contributed by atoms with van der Waals surface area (Å²) in [6.07, 6.45) is 1.90. The molecule has 20 heavy (non-hydrogen) atoms. The minimum absolute atomic E-state index is 0. The summed E-state index contributed by atoms with van der Waals surface area (Å²) in [5.41, 5.74) is 3.73. The van der Waals surface area contributed by atoms with Crippen molar-refractivity contribution in [2.45, 2.75) is 39.7 Å². The van der Waals surface area contributed by atoms with Crippen LogP contribution in [0.5, 0.6) is 0 Å². The highest BCUT2D eigenvalue weighted by molar-refractivity contribution is 5.85. The number of carbonyl (C=O) groups excluding carboxylic acids is 1. The summed E-state index contributed by atoms with van der Waals surface area (Å²) < 4.78 is 0. The second-order valence-electron chi connectivity index (χ2n) is 5.61. The molecule has 0 saturated carbocycles. The molecule has 0 bridgehead atoms. The molecule has 1 aromatic rings. The number of piperidine rings is 1. The molecule has 1 heterocycles. The van der Waals surface area contributed by atoms with E-state index in [0.717, 1.165) is 25.9 Å². The first-order valence-electron chi connectivity index (χ1n) is 7.16. The van der Waals surface area contributed by atoms with Crippen molar-refractivity contribution in [2.75, 3.05) is 13.1 Å². The maximum Gasteiger partial charge on any atom is 0.223 e. The molecule has 2 N–H and O–H groups in total. The number of amides is 1. The topological polar surface area (TPSA) is 41.1 Å². The molecule has 3 nitrogen and oxygen atoms in total. The molecule has 0 aliphatic carbocycles. The van der Waals surface area contributed by atoms with Crippen LogP contribution in [0.1, 0.15) is 42.5 Å². The van der Waals surface area contributed by atoms with Gasteiger partial charge in [0.05, 0.1) is 6.04 Å². The molecule has 0 spiro atoms. The van der Waals surface area contributed by atoms with Crippen LogP contribution in [0, 0.1) is 19.8 Å². The van der Waals surface area contributed by atoms with E-state index in [0.29, 0.717) is 0 Å². The highest BCUT2D eigenvalue weighted by atomic mass is 35.5. The molecule has 112 valence electrons. The molecule has 0 radical (unpaired) electrons. The standard InChI is InChI=1S/C16H24N2O.ClH/c1-11-4-5-15(12(2)10-11)13(3)18-16(19)14-6-8-17-9-7-14;/h4-5,10,13-14,17H,6-9H2,1-3H3,(H,18,19);1H. The van der Waals surface area contributed by atoms with Gasteiger partial charge in [-0.15, -0.1) is 12.4 Å². The third-order valence-corrected chi connectivity index (χ3v) is 3.96. The van der Waals surface area contributed by atoms with Crippen LogP contribution in [0.2, 0.25) is 0 Å². The van der Waals surface area contributed by atoms with Gasteiger partial charge in [0.2, 0.25) is 5.91 Å². The maximum absolute atomic E-state index is 12.2. The van der Waals surface area contributed by atoms with Gasteiger partial charge in [0, 0.05) is 5.92 Å². The van der Waals surface area contributed by atoms with E-state index < -0.39 is 0 Å². The number of rotatable bonds is 3. The molecule has 1 saturated heterocycles. The summed E-state index contributed by atoms with van der Waals surface area (Å²) >= 11 is 0. The van der Waals surface area contributed by atoms with Crippen LogP contribution in [-0.4, -0.2) is 19.0 Å². The summed E-state index contributed by atoms with van der Waals surface area (Å²) in [5.74, 6) is 0.378. The zero-order chi connectivity index (χ0) is 13.8. The van der Waals surface area contributed by atoms with Crippen molar-refractivity contribution in [2.24, 2.45) is 5.92 Å². The fourth-order valence-electron chi connectivity index (χ4n) is 2.80. The Balaban J connectivity index is 0.00000200. The normalized spacial score (nSPS) is 17.1. The Hall–Kier alpha value is -1.06. The van der Waals surface area contributed by atoms with Crippen molar-refractivity contribution in [1.29, 1.82) is 0 Å². The number of halogens is 1. The van der Waals surface area contributed by atoms with Gasteiger partial charge >= 0.3 is 0 Å². The Morgan fingerprint density at radius 3 is 2.55 bits per heavy atom. The van der Waals surface area contributed by atoms with Crippen LogP contribution in [-0.2, 0) is 4.79 Å². The number of hydrogen-bond donors (Lipinski definition) is 2. The SMILES string of the molecule is Cc1ccc(C(C)NC(=O)C2CCNCC2)c(C)c1.Cl. The van der Waals surface area contributed by atoms with Crippen molar-refractivity contribution in [3.05, 3.63) is 34.9 Å². The highest BCUT2D eigenvalue weighted by Gasteiger charge is 2.22. The lowest BCUT2D eigenvalue weighted by atomic mass is 9.95. The average molecular weight is 297 g/mol. The third kappa shape index (κ3) is 4.22. The van der Waals surface area contributed by atoms with E-state index in [-0.39, 0.29) is 30.3 Å². The number of aryl methyl sites for hydroxylation is 2. The van der Waals surface area contributed by atoms with Gasteiger partial charge in [-0.05, 0) is 57.8 Å². The summed E-state index contributed by atoms with van der Waals surface area (Å²) in [6, 6.07) is 6.48. The number of nitrogens with one attached hydrogen (secondary N) is 2. The maximum atomic E-state index is 12.2. The van der Waals surface area contributed by atoms with Crippen molar-refractivity contribution < 1.29 is 4.79 Å². The van der Waals surface area contributed by atoms with Gasteiger partial charge in [-0.1, -0.05) is 23.8 Å². The van der Waals surface area contributed by atoms with Gasteiger partial charge in [-0.3, -0.25) is 4.79 Å². The zero-order valence-electron chi connectivity index (χ0n) is 12.5. The number of benzene rings is 1. The molecular weight excluding hydrogens is 272 g/mol. The number of carbonyl (C=O) groups is 1. The Labute approximate surface area is 127 Å². The predicted molar refractivity (Wildman–Crippen MR) is 85.3 cm³/mol. The van der Waals surface area contributed by atoms with E-state index in [4.69, 9.17) is 0 Å². The van der Waals surface area contributed by atoms with E-state index in [9.17, 15) is 4.79 Å². The lowest BCUT2D eigenvalue weighted by molar-refractivity contribution is -0.126. The third-order valence-electron chi connectivity index (χ3n) is 3.96. The molecule has 0 aromatic heterocycles. The second-order valence-corrected chi connectivity index (χ2v) is 5.61. The van der Waals surface area contributed by atoms with E-state index in [1.54, 1.807) is 0 Å². The second kappa shape index (κ2) is 7.65. The first kappa shape index (κ1) is 17.0. The smallest absolute Gasteiger partial charge is 0.223 e. The van der Waals surface area contributed by atoms with E-state index in [1.807, 2.05) is 0 Å². The lowest BCUT2D eigenvalue weighted by Gasteiger charge is -2.24. The molecule has 2 rings (SSSR count). The first-order valence-corrected chi connectivity index (χ1v) is 7.16. The Kier molecular flexibility index (Phi) is 6.50. The van der Waals surface area contributed by atoms with Crippen LogP contribution in [0.4, 0.5) is 0 Å². The Morgan fingerprint density at radius 2 is 1.95 bits per heavy atom. The summed E-state index contributed by atoms with van der Waals surface area (Å²) in [4.78, 5) is 12.2. The zero-order valence-corrected chi connectivity index (χ0v) is 13.3. The van der Waals surface area contributed by atoms with Crippen molar-refractivity contribution in [3.63, 3.8) is 0 Å². The predicted octanol–water partition coefficient (Wildman–Crippen LogP) is 2.90. The van der Waals surface area contributed by atoms with Gasteiger partial charge in [0.15, 0.2) is 0 Å². The van der Waals surface area contributed by atoms with Crippen LogP contribution < -0.4 is 10.6 Å². The Morgan fingerprint density at radius 1 is 1.30 bits per heavy atom. The van der Waals surface area contributed by atoms with Crippen LogP contribution in [0.15, 0.2) is 18.2 Å². The van der Waals surface area contributed by atoms with Gasteiger partial charge in [0.1, 0.15) is 0 Å². The fourth-order valence-corrected chi connectivity index (χ4v) is 2.80. The van der Waals surface area contributed by atoms with Crippen molar-refractivity contribution in [3.8, 4) is 0 Å². The van der Waals surface area contributed by atoms with E-state index >= 15 is 0 Å². The quantitative estimate of drug-likeness (QED) is 0.900. The van der Waals surface area contributed by atoms with Crippen LogP contribution in [0.25, 0.3) is 0 Å². The van der Waals surface area contributed by atoms with E-state index in [2.05, 4.69) is 49.6 Å². The molecule has 4 heteroatoms.